The number of carbonyl (C=O) groups excluding carboxylic acids is 1. The molecular weight excluding hydrogens is 372 g/mol. The molecule has 1 aliphatic heterocycles. The molecule has 2 rings (SSSR count). The molecule has 0 aromatic heterocycles. The molecule has 1 aliphatic rings. The summed E-state index contributed by atoms with van der Waals surface area (Å²) in [6.07, 6.45) is 1.15. The zero-order chi connectivity index (χ0) is 21.1. The van der Waals surface area contributed by atoms with Crippen LogP contribution in [0.15, 0.2) is 23.2 Å². The number of ether oxygens (including phenoxy) is 3. The maximum Gasteiger partial charge on any atom is 0.305 e. The third kappa shape index (κ3) is 7.12. The van der Waals surface area contributed by atoms with E-state index in [4.69, 9.17) is 14.2 Å². The number of benzene rings is 1. The first kappa shape index (κ1) is 22.8. The molecule has 1 aromatic rings. The second kappa shape index (κ2) is 12.2. The molecule has 0 unspecified atom stereocenters. The van der Waals surface area contributed by atoms with E-state index in [2.05, 4.69) is 20.1 Å². The van der Waals surface area contributed by atoms with Gasteiger partial charge >= 0.3 is 5.97 Å². The molecule has 8 nitrogen and oxygen atoms in total. The number of rotatable bonds is 9. The number of methoxy groups -OCH3 is 2. The van der Waals surface area contributed by atoms with Crippen molar-refractivity contribution in [2.45, 2.75) is 26.3 Å². The van der Waals surface area contributed by atoms with Crippen molar-refractivity contribution in [2.75, 3.05) is 60.6 Å². The maximum absolute atomic E-state index is 11.4. The highest BCUT2D eigenvalue weighted by molar-refractivity contribution is 5.80. The van der Waals surface area contributed by atoms with Crippen LogP contribution in [0.1, 0.15) is 25.3 Å². The Hall–Kier alpha value is -2.48. The Bertz CT molecular complexity index is 673. The normalized spacial score (nSPS) is 15.2. The summed E-state index contributed by atoms with van der Waals surface area (Å²) in [5.74, 6) is 2.46. The average Bonchev–Trinajstić information content (AvgIpc) is 2.74. The molecule has 0 atom stereocenters. The molecule has 1 heterocycles. The minimum Gasteiger partial charge on any atom is -0.497 e. The fourth-order valence-corrected chi connectivity index (χ4v) is 3.36. The van der Waals surface area contributed by atoms with Crippen molar-refractivity contribution in [3.8, 4) is 11.5 Å². The van der Waals surface area contributed by atoms with E-state index in [1.807, 2.05) is 25.1 Å². The number of hydrogen-bond donors (Lipinski definition) is 1. The summed E-state index contributed by atoms with van der Waals surface area (Å²) in [7, 11) is 5.16. The van der Waals surface area contributed by atoms with Crippen molar-refractivity contribution in [3.05, 3.63) is 23.8 Å². The monoisotopic (exact) mass is 406 g/mol. The molecule has 1 saturated heterocycles. The van der Waals surface area contributed by atoms with Gasteiger partial charge in [0.1, 0.15) is 11.5 Å². The molecular formula is C21H34N4O4. The highest BCUT2D eigenvalue weighted by Crippen LogP contribution is 2.25. The van der Waals surface area contributed by atoms with Crippen molar-refractivity contribution in [1.29, 1.82) is 0 Å². The molecule has 0 radical (unpaired) electrons. The molecule has 1 N–H and O–H groups in total. The minimum absolute atomic E-state index is 0.147. The van der Waals surface area contributed by atoms with Gasteiger partial charge < -0.3 is 24.4 Å². The van der Waals surface area contributed by atoms with Gasteiger partial charge in [-0.3, -0.25) is 14.7 Å². The number of guanidine groups is 1. The van der Waals surface area contributed by atoms with E-state index in [-0.39, 0.29) is 5.97 Å². The van der Waals surface area contributed by atoms with Gasteiger partial charge in [0, 0.05) is 58.3 Å². The lowest BCUT2D eigenvalue weighted by Gasteiger charge is -2.36. The predicted molar refractivity (Wildman–Crippen MR) is 114 cm³/mol. The van der Waals surface area contributed by atoms with Gasteiger partial charge in [-0.1, -0.05) is 0 Å². The molecule has 0 saturated carbocycles. The van der Waals surface area contributed by atoms with Crippen LogP contribution < -0.4 is 14.8 Å². The average molecular weight is 407 g/mol. The van der Waals surface area contributed by atoms with E-state index in [1.165, 1.54) is 0 Å². The Morgan fingerprint density at radius 1 is 1.17 bits per heavy atom. The molecule has 1 fully saturated rings. The van der Waals surface area contributed by atoms with Gasteiger partial charge in [-0.05, 0) is 31.5 Å². The fraction of sp³-hybridized carbons (Fsp3) is 0.619. The zero-order valence-electron chi connectivity index (χ0n) is 18.1. The van der Waals surface area contributed by atoms with Gasteiger partial charge in [-0.15, -0.1) is 0 Å². The largest absolute Gasteiger partial charge is 0.497 e. The van der Waals surface area contributed by atoms with E-state index >= 15 is 0 Å². The quantitative estimate of drug-likeness (QED) is 0.290. The number of esters is 1. The second-order valence-electron chi connectivity index (χ2n) is 6.82. The third-order valence-corrected chi connectivity index (χ3v) is 4.91. The maximum atomic E-state index is 11.4. The summed E-state index contributed by atoms with van der Waals surface area (Å²) in [5, 5.41) is 3.35. The Morgan fingerprint density at radius 2 is 1.93 bits per heavy atom. The van der Waals surface area contributed by atoms with Crippen molar-refractivity contribution in [1.82, 2.24) is 15.1 Å². The van der Waals surface area contributed by atoms with Crippen molar-refractivity contribution in [2.24, 2.45) is 4.99 Å². The van der Waals surface area contributed by atoms with Crippen LogP contribution in [0.2, 0.25) is 0 Å². The summed E-state index contributed by atoms with van der Waals surface area (Å²) in [6.45, 7) is 7.43. The third-order valence-electron chi connectivity index (χ3n) is 4.91. The molecule has 0 spiro atoms. The highest BCUT2D eigenvalue weighted by Gasteiger charge is 2.20. The van der Waals surface area contributed by atoms with E-state index in [0.717, 1.165) is 62.2 Å². The molecule has 0 aliphatic carbocycles. The van der Waals surface area contributed by atoms with Crippen molar-refractivity contribution in [3.63, 3.8) is 0 Å². The first-order valence-electron chi connectivity index (χ1n) is 10.2. The Kier molecular flexibility index (Phi) is 9.56. The van der Waals surface area contributed by atoms with Gasteiger partial charge in [-0.2, -0.15) is 0 Å². The SMILES string of the molecule is CCOC(=O)CCCNC(=NC)N1CCN(Cc2cc(OC)ccc2OC)CC1. The van der Waals surface area contributed by atoms with Crippen LogP contribution >= 0.6 is 0 Å². The first-order chi connectivity index (χ1) is 14.1. The predicted octanol–water partition coefficient (Wildman–Crippen LogP) is 1.74. The van der Waals surface area contributed by atoms with Crippen LogP contribution in [-0.2, 0) is 16.1 Å². The lowest BCUT2D eigenvalue weighted by atomic mass is 10.1. The summed E-state index contributed by atoms with van der Waals surface area (Å²) < 4.78 is 15.8. The smallest absolute Gasteiger partial charge is 0.305 e. The van der Waals surface area contributed by atoms with Gasteiger partial charge in [0.15, 0.2) is 5.96 Å². The molecule has 162 valence electrons. The minimum atomic E-state index is -0.147. The fourth-order valence-electron chi connectivity index (χ4n) is 3.36. The van der Waals surface area contributed by atoms with Crippen LogP contribution in [-0.4, -0.2) is 82.3 Å². The molecule has 8 heteroatoms. The van der Waals surface area contributed by atoms with E-state index in [0.29, 0.717) is 19.6 Å². The lowest BCUT2D eigenvalue weighted by Crippen LogP contribution is -2.52. The van der Waals surface area contributed by atoms with E-state index < -0.39 is 0 Å². The number of piperazine rings is 1. The summed E-state index contributed by atoms with van der Waals surface area (Å²) in [6, 6.07) is 5.90. The Labute approximate surface area is 173 Å². The number of carbonyl (C=O) groups is 1. The summed E-state index contributed by atoms with van der Waals surface area (Å²) >= 11 is 0. The molecule has 1 aromatic carbocycles. The standard InChI is InChI=1S/C21H34N4O4/c1-5-29-20(26)7-6-10-23-21(22-2)25-13-11-24(12-14-25)16-17-15-18(27-3)8-9-19(17)28-4/h8-9,15H,5-7,10-14,16H2,1-4H3,(H,22,23). The van der Waals surface area contributed by atoms with Gasteiger partial charge in [0.2, 0.25) is 0 Å². The van der Waals surface area contributed by atoms with Gasteiger partial charge in [-0.25, -0.2) is 0 Å². The number of nitrogens with one attached hydrogen (secondary N) is 1. The number of nitrogens with zero attached hydrogens (tertiary/aromatic N) is 3. The Balaban J connectivity index is 1.79. The van der Waals surface area contributed by atoms with Crippen LogP contribution in [0, 0.1) is 0 Å². The van der Waals surface area contributed by atoms with Crippen LogP contribution in [0.5, 0.6) is 11.5 Å². The van der Waals surface area contributed by atoms with Crippen LogP contribution in [0.3, 0.4) is 0 Å². The van der Waals surface area contributed by atoms with Crippen LogP contribution in [0.25, 0.3) is 0 Å². The summed E-state index contributed by atoms with van der Waals surface area (Å²) in [4.78, 5) is 20.5. The highest BCUT2D eigenvalue weighted by atomic mass is 16.5. The zero-order valence-corrected chi connectivity index (χ0v) is 18.1. The lowest BCUT2D eigenvalue weighted by molar-refractivity contribution is -0.143. The molecule has 29 heavy (non-hydrogen) atoms. The second-order valence-corrected chi connectivity index (χ2v) is 6.82. The van der Waals surface area contributed by atoms with E-state index in [1.54, 1.807) is 21.3 Å². The Morgan fingerprint density at radius 3 is 2.55 bits per heavy atom. The first-order valence-corrected chi connectivity index (χ1v) is 10.2. The van der Waals surface area contributed by atoms with Crippen LogP contribution in [0.4, 0.5) is 0 Å². The molecule has 0 bridgehead atoms. The van der Waals surface area contributed by atoms with Crippen molar-refractivity contribution < 1.29 is 19.0 Å². The van der Waals surface area contributed by atoms with E-state index in [9.17, 15) is 4.79 Å². The van der Waals surface area contributed by atoms with Gasteiger partial charge in [0.25, 0.3) is 0 Å². The number of hydrogen-bond acceptors (Lipinski definition) is 6. The number of aliphatic imine (C=N–C) groups is 1. The van der Waals surface area contributed by atoms with Crippen molar-refractivity contribution >= 4 is 11.9 Å². The molecule has 0 amide bonds. The topological polar surface area (TPSA) is 75.6 Å². The summed E-state index contributed by atoms with van der Waals surface area (Å²) in [5.41, 5.74) is 1.13. The van der Waals surface area contributed by atoms with Gasteiger partial charge in [0.05, 0.1) is 20.8 Å².